The van der Waals surface area contributed by atoms with Crippen molar-refractivity contribution in [3.63, 3.8) is 0 Å². The second-order valence-corrected chi connectivity index (χ2v) is 6.90. The first kappa shape index (κ1) is 21.1. The molecule has 0 fully saturated rings. The highest BCUT2D eigenvalue weighted by Gasteiger charge is 2.34. The third-order valence-corrected chi connectivity index (χ3v) is 4.67. The topological polar surface area (TPSA) is 58.0 Å². The molecular weight excluding hydrogens is 406 g/mol. The Balaban J connectivity index is 1.85. The number of halogens is 4. The molecule has 0 bridgehead atoms. The van der Waals surface area contributed by atoms with Gasteiger partial charge in [-0.1, -0.05) is 48.2 Å². The molecule has 29 heavy (non-hydrogen) atoms. The predicted molar refractivity (Wildman–Crippen MR) is 104 cm³/mol. The van der Waals surface area contributed by atoms with Crippen LogP contribution in [0, 0.1) is 5.82 Å². The van der Waals surface area contributed by atoms with Gasteiger partial charge in [0.25, 0.3) is 0 Å². The van der Waals surface area contributed by atoms with Crippen molar-refractivity contribution in [2.24, 2.45) is 0 Å². The van der Waals surface area contributed by atoms with Gasteiger partial charge < -0.3 is 10.4 Å². The summed E-state index contributed by atoms with van der Waals surface area (Å²) in [5.74, 6) is -0.997. The molecule has 1 atom stereocenters. The molecule has 0 saturated carbocycles. The van der Waals surface area contributed by atoms with Gasteiger partial charge in [0.15, 0.2) is 5.16 Å². The Labute approximate surface area is 169 Å². The van der Waals surface area contributed by atoms with E-state index < -0.39 is 23.7 Å². The molecule has 1 heterocycles. The van der Waals surface area contributed by atoms with Gasteiger partial charge in [0, 0.05) is 18.2 Å². The minimum Gasteiger partial charge on any atom is -0.387 e. The molecule has 2 aromatic carbocycles. The summed E-state index contributed by atoms with van der Waals surface area (Å²) in [6.45, 7) is 0.162. The average molecular weight is 423 g/mol. The molecule has 152 valence electrons. The number of hydrogen-bond donors (Lipinski definition) is 2. The SMILES string of the molecule is CSc1nc(NC[C@H](O)c2ccccc2)cc(-c2ccc(C(F)(F)F)c(F)c2)n1. The van der Waals surface area contributed by atoms with Crippen LogP contribution in [0.4, 0.5) is 23.4 Å². The number of anilines is 1. The maximum Gasteiger partial charge on any atom is 0.419 e. The number of hydrogen-bond acceptors (Lipinski definition) is 5. The average Bonchev–Trinajstić information content (AvgIpc) is 2.71. The molecule has 0 aliphatic heterocycles. The van der Waals surface area contributed by atoms with Crippen molar-refractivity contribution in [3.8, 4) is 11.3 Å². The maximum absolute atomic E-state index is 13.9. The monoisotopic (exact) mass is 423 g/mol. The number of nitrogens with zero attached hydrogens (tertiary/aromatic N) is 2. The number of thioether (sulfide) groups is 1. The molecule has 3 aromatic rings. The lowest BCUT2D eigenvalue weighted by Crippen LogP contribution is -2.13. The smallest absolute Gasteiger partial charge is 0.387 e. The highest BCUT2D eigenvalue weighted by molar-refractivity contribution is 7.98. The third-order valence-electron chi connectivity index (χ3n) is 4.12. The summed E-state index contributed by atoms with van der Waals surface area (Å²) in [7, 11) is 0. The fraction of sp³-hybridized carbons (Fsp3) is 0.200. The lowest BCUT2D eigenvalue weighted by molar-refractivity contribution is -0.139. The molecule has 9 heteroatoms. The van der Waals surface area contributed by atoms with Crippen molar-refractivity contribution in [3.05, 3.63) is 71.5 Å². The molecule has 2 N–H and O–H groups in total. The summed E-state index contributed by atoms with van der Waals surface area (Å²) >= 11 is 1.24. The number of aromatic nitrogens is 2. The van der Waals surface area contributed by atoms with Gasteiger partial charge in [-0.15, -0.1) is 0 Å². The van der Waals surface area contributed by atoms with Crippen molar-refractivity contribution in [2.45, 2.75) is 17.4 Å². The van der Waals surface area contributed by atoms with Gasteiger partial charge in [0.2, 0.25) is 0 Å². The van der Waals surface area contributed by atoms with Crippen molar-refractivity contribution in [1.82, 2.24) is 9.97 Å². The molecule has 1 aromatic heterocycles. The lowest BCUT2D eigenvalue weighted by atomic mass is 10.1. The zero-order valence-electron chi connectivity index (χ0n) is 15.2. The largest absolute Gasteiger partial charge is 0.419 e. The zero-order chi connectivity index (χ0) is 21.0. The second-order valence-electron chi connectivity index (χ2n) is 6.12. The van der Waals surface area contributed by atoms with E-state index in [9.17, 15) is 22.7 Å². The Kier molecular flexibility index (Phi) is 6.39. The predicted octanol–water partition coefficient (Wildman–Crippen LogP) is 5.17. The Morgan fingerprint density at radius 2 is 1.79 bits per heavy atom. The summed E-state index contributed by atoms with van der Waals surface area (Å²) < 4.78 is 52.3. The van der Waals surface area contributed by atoms with E-state index in [-0.39, 0.29) is 17.8 Å². The van der Waals surface area contributed by atoms with Gasteiger partial charge in [0.05, 0.1) is 17.4 Å². The van der Waals surface area contributed by atoms with Crippen molar-refractivity contribution >= 4 is 17.6 Å². The summed E-state index contributed by atoms with van der Waals surface area (Å²) in [6.07, 6.45) is -3.80. The first-order valence-electron chi connectivity index (χ1n) is 8.55. The minimum atomic E-state index is -4.76. The van der Waals surface area contributed by atoms with Crippen LogP contribution in [0.15, 0.2) is 59.8 Å². The fourth-order valence-corrected chi connectivity index (χ4v) is 3.03. The van der Waals surface area contributed by atoms with Crippen LogP contribution in [0.3, 0.4) is 0 Å². The molecule has 0 saturated heterocycles. The summed E-state index contributed by atoms with van der Waals surface area (Å²) in [5, 5.41) is 13.6. The van der Waals surface area contributed by atoms with Crippen LogP contribution < -0.4 is 5.32 Å². The summed E-state index contributed by atoms with van der Waals surface area (Å²) in [6, 6.07) is 13.2. The molecule has 0 amide bonds. The van der Waals surface area contributed by atoms with E-state index >= 15 is 0 Å². The number of aliphatic hydroxyl groups is 1. The summed E-state index contributed by atoms with van der Waals surface area (Å²) in [4.78, 5) is 8.52. The van der Waals surface area contributed by atoms with E-state index in [1.54, 1.807) is 18.4 Å². The Hall–Kier alpha value is -2.65. The molecule has 0 aliphatic rings. The summed E-state index contributed by atoms with van der Waals surface area (Å²) in [5.41, 5.74) is -0.137. The number of benzene rings is 2. The van der Waals surface area contributed by atoms with Crippen LogP contribution in [0.5, 0.6) is 0 Å². The van der Waals surface area contributed by atoms with Crippen LogP contribution in [-0.4, -0.2) is 27.9 Å². The zero-order valence-corrected chi connectivity index (χ0v) is 16.1. The van der Waals surface area contributed by atoms with Crippen LogP contribution in [-0.2, 0) is 6.18 Å². The Morgan fingerprint density at radius 1 is 1.07 bits per heavy atom. The molecule has 4 nitrogen and oxygen atoms in total. The lowest BCUT2D eigenvalue weighted by Gasteiger charge is -2.14. The van der Waals surface area contributed by atoms with Crippen molar-refractivity contribution in [2.75, 3.05) is 18.1 Å². The van der Waals surface area contributed by atoms with Gasteiger partial charge in [-0.05, 0) is 24.0 Å². The molecule has 0 unspecified atom stereocenters. The number of nitrogens with one attached hydrogen (secondary N) is 1. The third kappa shape index (κ3) is 5.24. The second kappa shape index (κ2) is 8.79. The molecule has 3 rings (SSSR count). The highest BCUT2D eigenvalue weighted by Crippen LogP contribution is 2.33. The molecule has 0 radical (unpaired) electrons. The van der Waals surface area contributed by atoms with Crippen LogP contribution in [0.25, 0.3) is 11.3 Å². The molecular formula is C20H17F4N3OS. The van der Waals surface area contributed by atoms with E-state index in [4.69, 9.17) is 0 Å². The number of aliphatic hydroxyl groups excluding tert-OH is 1. The first-order chi connectivity index (χ1) is 13.8. The minimum absolute atomic E-state index is 0.162. The van der Waals surface area contributed by atoms with E-state index in [1.165, 1.54) is 23.9 Å². The van der Waals surface area contributed by atoms with E-state index in [0.717, 1.165) is 11.6 Å². The normalized spacial score (nSPS) is 12.6. The van der Waals surface area contributed by atoms with E-state index in [0.29, 0.717) is 17.0 Å². The van der Waals surface area contributed by atoms with Gasteiger partial charge in [-0.2, -0.15) is 13.2 Å². The van der Waals surface area contributed by atoms with Gasteiger partial charge in [-0.3, -0.25) is 0 Å². The van der Waals surface area contributed by atoms with Gasteiger partial charge >= 0.3 is 6.18 Å². The van der Waals surface area contributed by atoms with E-state index in [2.05, 4.69) is 15.3 Å². The van der Waals surface area contributed by atoms with Gasteiger partial charge in [0.1, 0.15) is 11.6 Å². The molecule has 0 aliphatic carbocycles. The van der Waals surface area contributed by atoms with E-state index in [1.807, 2.05) is 18.2 Å². The van der Waals surface area contributed by atoms with Gasteiger partial charge in [-0.25, -0.2) is 14.4 Å². The standard InChI is InChI=1S/C20H17F4N3OS/c1-29-19-26-16(13-7-8-14(15(21)9-13)20(22,23)24)10-18(27-19)25-11-17(28)12-5-3-2-4-6-12/h2-10,17,28H,11H2,1H3,(H,25,26,27)/t17-/m0/s1. The first-order valence-corrected chi connectivity index (χ1v) is 9.77. The Morgan fingerprint density at radius 3 is 2.41 bits per heavy atom. The maximum atomic E-state index is 13.9. The van der Waals surface area contributed by atoms with Crippen molar-refractivity contribution < 1.29 is 22.7 Å². The quantitative estimate of drug-likeness (QED) is 0.326. The number of alkyl halides is 3. The molecule has 0 spiro atoms. The van der Waals surface area contributed by atoms with Crippen LogP contribution in [0.1, 0.15) is 17.2 Å². The number of rotatable bonds is 6. The van der Waals surface area contributed by atoms with Crippen LogP contribution >= 0.6 is 11.8 Å². The Bertz CT molecular complexity index is 983. The van der Waals surface area contributed by atoms with Crippen molar-refractivity contribution in [1.29, 1.82) is 0 Å². The van der Waals surface area contributed by atoms with Crippen LogP contribution in [0.2, 0.25) is 0 Å². The highest BCUT2D eigenvalue weighted by atomic mass is 32.2. The fourth-order valence-electron chi connectivity index (χ4n) is 2.65.